The van der Waals surface area contributed by atoms with Crippen molar-refractivity contribution >= 4 is 17.4 Å². The summed E-state index contributed by atoms with van der Waals surface area (Å²) < 4.78 is 5.97. The number of nitrogens with one attached hydrogen (secondary N) is 2. The maximum atomic E-state index is 12.4. The van der Waals surface area contributed by atoms with Crippen molar-refractivity contribution in [2.75, 3.05) is 32.5 Å². The standard InChI is InChI=1S/C23H26N4O2/c1-27(2)16-8-14-25-23(28)18-13-15-24-22(17-18)26-20-11-6-7-12-21(20)29-19-9-4-3-5-10-19/h3-7,9-13,15,17H,8,14,16H2,1-2H3,(H,24,26)(H,25,28). The van der Waals surface area contributed by atoms with Gasteiger partial charge in [0, 0.05) is 18.3 Å². The number of carbonyl (C=O) groups is 1. The predicted octanol–water partition coefficient (Wildman–Crippen LogP) is 4.30. The summed E-state index contributed by atoms with van der Waals surface area (Å²) in [4.78, 5) is 18.8. The number of rotatable bonds is 9. The lowest BCUT2D eigenvalue weighted by molar-refractivity contribution is 0.0952. The normalized spacial score (nSPS) is 10.6. The van der Waals surface area contributed by atoms with E-state index in [1.165, 1.54) is 0 Å². The lowest BCUT2D eigenvalue weighted by Gasteiger charge is -2.13. The van der Waals surface area contributed by atoms with Crippen molar-refractivity contribution in [2.24, 2.45) is 0 Å². The highest BCUT2D eigenvalue weighted by Crippen LogP contribution is 2.31. The van der Waals surface area contributed by atoms with Gasteiger partial charge < -0.3 is 20.3 Å². The highest BCUT2D eigenvalue weighted by Gasteiger charge is 2.09. The summed E-state index contributed by atoms with van der Waals surface area (Å²) in [5.41, 5.74) is 1.33. The average molecular weight is 390 g/mol. The zero-order valence-electron chi connectivity index (χ0n) is 16.8. The molecule has 0 atom stereocenters. The van der Waals surface area contributed by atoms with Crippen molar-refractivity contribution in [1.29, 1.82) is 0 Å². The second kappa shape index (κ2) is 10.2. The molecule has 0 unspecified atom stereocenters. The van der Waals surface area contributed by atoms with Gasteiger partial charge in [0.15, 0.2) is 5.75 Å². The molecular weight excluding hydrogens is 364 g/mol. The summed E-state index contributed by atoms with van der Waals surface area (Å²) >= 11 is 0. The molecule has 3 rings (SSSR count). The van der Waals surface area contributed by atoms with Crippen molar-refractivity contribution in [3.05, 3.63) is 78.5 Å². The fourth-order valence-electron chi connectivity index (χ4n) is 2.75. The van der Waals surface area contributed by atoms with Crippen LogP contribution < -0.4 is 15.4 Å². The van der Waals surface area contributed by atoms with Crippen LogP contribution in [0, 0.1) is 0 Å². The molecule has 1 heterocycles. The van der Waals surface area contributed by atoms with Gasteiger partial charge in [0.25, 0.3) is 5.91 Å². The minimum Gasteiger partial charge on any atom is -0.455 e. The van der Waals surface area contributed by atoms with Gasteiger partial charge >= 0.3 is 0 Å². The van der Waals surface area contributed by atoms with E-state index in [4.69, 9.17) is 4.74 Å². The van der Waals surface area contributed by atoms with Gasteiger partial charge in [-0.15, -0.1) is 0 Å². The molecule has 29 heavy (non-hydrogen) atoms. The maximum absolute atomic E-state index is 12.4. The van der Waals surface area contributed by atoms with Crippen LogP contribution in [0.15, 0.2) is 72.9 Å². The van der Waals surface area contributed by atoms with Crippen LogP contribution in [0.4, 0.5) is 11.5 Å². The number of pyridine rings is 1. The first-order valence-electron chi connectivity index (χ1n) is 9.60. The molecular formula is C23H26N4O2. The lowest BCUT2D eigenvalue weighted by Crippen LogP contribution is -2.27. The Bertz CT molecular complexity index is 929. The first kappa shape index (κ1) is 20.4. The smallest absolute Gasteiger partial charge is 0.251 e. The number of aromatic nitrogens is 1. The minimum absolute atomic E-state index is 0.108. The van der Waals surface area contributed by atoms with Crippen LogP contribution in [-0.2, 0) is 0 Å². The predicted molar refractivity (Wildman–Crippen MR) is 116 cm³/mol. The lowest BCUT2D eigenvalue weighted by atomic mass is 10.2. The van der Waals surface area contributed by atoms with Gasteiger partial charge in [-0.3, -0.25) is 4.79 Å². The third-order valence-electron chi connectivity index (χ3n) is 4.21. The van der Waals surface area contributed by atoms with Crippen molar-refractivity contribution in [3.8, 4) is 11.5 Å². The molecule has 0 fully saturated rings. The summed E-state index contributed by atoms with van der Waals surface area (Å²) in [7, 11) is 4.03. The molecule has 0 saturated heterocycles. The Hall–Kier alpha value is -3.38. The van der Waals surface area contributed by atoms with E-state index in [0.29, 0.717) is 23.7 Å². The van der Waals surface area contributed by atoms with E-state index in [2.05, 4.69) is 20.5 Å². The molecule has 150 valence electrons. The zero-order chi connectivity index (χ0) is 20.5. The molecule has 2 aromatic carbocycles. The van der Waals surface area contributed by atoms with Gasteiger partial charge in [-0.2, -0.15) is 0 Å². The number of amides is 1. The van der Waals surface area contributed by atoms with E-state index in [-0.39, 0.29) is 5.91 Å². The van der Waals surface area contributed by atoms with Gasteiger partial charge in [-0.25, -0.2) is 4.98 Å². The molecule has 0 aliphatic rings. The molecule has 0 spiro atoms. The summed E-state index contributed by atoms with van der Waals surface area (Å²) in [6, 6.07) is 20.7. The summed E-state index contributed by atoms with van der Waals surface area (Å²) in [6.45, 7) is 1.57. The highest BCUT2D eigenvalue weighted by molar-refractivity contribution is 5.94. The number of anilines is 2. The first-order chi connectivity index (χ1) is 14.1. The van der Waals surface area contributed by atoms with Crippen molar-refractivity contribution in [2.45, 2.75) is 6.42 Å². The minimum atomic E-state index is -0.108. The Morgan fingerprint density at radius 2 is 1.79 bits per heavy atom. The van der Waals surface area contributed by atoms with E-state index in [9.17, 15) is 4.79 Å². The molecule has 6 nitrogen and oxygen atoms in total. The second-order valence-corrected chi connectivity index (χ2v) is 6.88. The average Bonchev–Trinajstić information content (AvgIpc) is 2.73. The van der Waals surface area contributed by atoms with Crippen LogP contribution in [0.5, 0.6) is 11.5 Å². The third-order valence-corrected chi connectivity index (χ3v) is 4.21. The van der Waals surface area contributed by atoms with E-state index in [0.717, 1.165) is 24.4 Å². The van der Waals surface area contributed by atoms with E-state index < -0.39 is 0 Å². The SMILES string of the molecule is CN(C)CCCNC(=O)c1ccnc(Nc2ccccc2Oc2ccccc2)c1. The zero-order valence-corrected chi connectivity index (χ0v) is 16.8. The molecule has 0 radical (unpaired) electrons. The Balaban J connectivity index is 1.67. The number of hydrogen-bond acceptors (Lipinski definition) is 5. The Kier molecular flexibility index (Phi) is 7.19. The van der Waals surface area contributed by atoms with Gasteiger partial charge in [-0.05, 0) is 63.5 Å². The van der Waals surface area contributed by atoms with E-state index in [1.807, 2.05) is 68.7 Å². The molecule has 1 amide bonds. The molecule has 0 aliphatic heterocycles. The van der Waals surface area contributed by atoms with Gasteiger partial charge in [0.2, 0.25) is 0 Å². The largest absolute Gasteiger partial charge is 0.455 e. The Labute approximate surface area is 171 Å². The number of para-hydroxylation sites is 3. The van der Waals surface area contributed by atoms with Crippen molar-refractivity contribution in [3.63, 3.8) is 0 Å². The quantitative estimate of drug-likeness (QED) is 0.533. The number of nitrogens with zero attached hydrogens (tertiary/aromatic N) is 2. The Morgan fingerprint density at radius 1 is 1.03 bits per heavy atom. The Morgan fingerprint density at radius 3 is 2.59 bits per heavy atom. The third kappa shape index (κ3) is 6.33. The molecule has 0 aliphatic carbocycles. The fraction of sp³-hybridized carbons (Fsp3) is 0.217. The van der Waals surface area contributed by atoms with E-state index in [1.54, 1.807) is 18.3 Å². The van der Waals surface area contributed by atoms with Crippen LogP contribution in [0.1, 0.15) is 16.8 Å². The summed E-state index contributed by atoms with van der Waals surface area (Å²) in [5, 5.41) is 6.19. The topological polar surface area (TPSA) is 66.5 Å². The van der Waals surface area contributed by atoms with Crippen molar-refractivity contribution in [1.82, 2.24) is 15.2 Å². The molecule has 3 aromatic rings. The van der Waals surface area contributed by atoms with Crippen LogP contribution in [0.3, 0.4) is 0 Å². The fourth-order valence-corrected chi connectivity index (χ4v) is 2.75. The van der Waals surface area contributed by atoms with Gasteiger partial charge in [-0.1, -0.05) is 30.3 Å². The molecule has 6 heteroatoms. The van der Waals surface area contributed by atoms with Crippen LogP contribution in [0.2, 0.25) is 0 Å². The molecule has 1 aromatic heterocycles. The number of ether oxygens (including phenoxy) is 1. The van der Waals surface area contributed by atoms with Crippen LogP contribution in [0.25, 0.3) is 0 Å². The maximum Gasteiger partial charge on any atom is 0.251 e. The highest BCUT2D eigenvalue weighted by atomic mass is 16.5. The summed E-state index contributed by atoms with van der Waals surface area (Å²) in [5.74, 6) is 1.90. The molecule has 2 N–H and O–H groups in total. The summed E-state index contributed by atoms with van der Waals surface area (Å²) in [6.07, 6.45) is 2.52. The van der Waals surface area contributed by atoms with E-state index >= 15 is 0 Å². The molecule has 0 saturated carbocycles. The van der Waals surface area contributed by atoms with Gasteiger partial charge in [0.1, 0.15) is 11.6 Å². The number of carbonyl (C=O) groups excluding carboxylic acids is 1. The first-order valence-corrected chi connectivity index (χ1v) is 9.60. The van der Waals surface area contributed by atoms with Gasteiger partial charge in [0.05, 0.1) is 5.69 Å². The second-order valence-electron chi connectivity index (χ2n) is 6.88. The van der Waals surface area contributed by atoms with Crippen LogP contribution >= 0.6 is 0 Å². The van der Waals surface area contributed by atoms with Crippen LogP contribution in [-0.4, -0.2) is 43.0 Å². The molecule has 0 bridgehead atoms. The number of benzene rings is 2. The number of hydrogen-bond donors (Lipinski definition) is 2. The monoisotopic (exact) mass is 390 g/mol. The van der Waals surface area contributed by atoms with Crippen molar-refractivity contribution < 1.29 is 9.53 Å².